The van der Waals surface area contributed by atoms with Gasteiger partial charge in [-0.2, -0.15) is 5.43 Å². The van der Waals surface area contributed by atoms with Gasteiger partial charge in [-0.1, -0.05) is 47.0 Å². The first-order valence-corrected chi connectivity index (χ1v) is 22.5. The maximum atomic E-state index is 14.6. The second-order valence-corrected chi connectivity index (χ2v) is 19.1. The number of rotatable bonds is 17. The van der Waals surface area contributed by atoms with E-state index in [1.54, 1.807) is 21.1 Å². The van der Waals surface area contributed by atoms with Crippen molar-refractivity contribution in [2.75, 3.05) is 26.1 Å². The number of benzene rings is 1. The maximum absolute atomic E-state index is 14.6. The zero-order valence-electron chi connectivity index (χ0n) is 36.9. The molecule has 1 aromatic carbocycles. The molecule has 0 spiro atoms. The molecule has 17 heteroatoms. The van der Waals surface area contributed by atoms with Crippen molar-refractivity contribution < 1.29 is 38.6 Å². The summed E-state index contributed by atoms with van der Waals surface area (Å²) in [4.78, 5) is 64.5. The van der Waals surface area contributed by atoms with E-state index >= 15 is 0 Å². The third-order valence-electron chi connectivity index (χ3n) is 12.3. The van der Waals surface area contributed by atoms with Crippen LogP contribution in [0.2, 0.25) is 0 Å². The Bertz CT molecular complexity index is 2050. The van der Waals surface area contributed by atoms with Crippen LogP contribution < -0.4 is 41.3 Å². The molecule has 2 aromatic heterocycles. The third kappa shape index (κ3) is 10.6. The lowest BCUT2D eigenvalue weighted by Crippen LogP contribution is -3.20. The van der Waals surface area contributed by atoms with Crippen molar-refractivity contribution in [3.05, 3.63) is 34.9 Å². The van der Waals surface area contributed by atoms with Crippen molar-refractivity contribution in [1.29, 1.82) is 0 Å². The van der Waals surface area contributed by atoms with Gasteiger partial charge < -0.3 is 40.7 Å². The number of anilines is 1. The van der Waals surface area contributed by atoms with E-state index in [9.17, 15) is 24.4 Å². The number of amides is 3. The Morgan fingerprint density at radius 1 is 1.03 bits per heavy atom. The smallest absolute Gasteiger partial charge is 0.332 e. The molecule has 334 valence electrons. The van der Waals surface area contributed by atoms with E-state index in [1.165, 1.54) is 11.3 Å². The fourth-order valence-corrected chi connectivity index (χ4v) is 9.62. The van der Waals surface area contributed by atoms with Gasteiger partial charge in [0.05, 0.1) is 30.8 Å². The number of likely N-dealkylation sites (N-methyl/N-ethyl adjacent to an activating group) is 1. The minimum absolute atomic E-state index is 0.0218. The topological polar surface area (TPSA) is 209 Å². The first kappa shape index (κ1) is 45.9. The number of hydroxylamine groups is 1. The molecule has 3 aliphatic carbocycles. The normalized spacial score (nSPS) is 24.4. The Balaban J connectivity index is 1.30. The Morgan fingerprint density at radius 2 is 1.75 bits per heavy atom. The number of hydrogen-bond donors (Lipinski definition) is 6. The molecule has 0 aliphatic heterocycles. The number of pyridine rings is 1. The number of methoxy groups -OCH3 is 1. The van der Waals surface area contributed by atoms with Gasteiger partial charge in [0.1, 0.15) is 47.0 Å². The van der Waals surface area contributed by atoms with Crippen LogP contribution in [0.3, 0.4) is 0 Å². The summed E-state index contributed by atoms with van der Waals surface area (Å²) < 4.78 is 17.7. The Morgan fingerprint density at radius 3 is 2.38 bits per heavy atom. The van der Waals surface area contributed by atoms with E-state index in [2.05, 4.69) is 26.7 Å². The number of thiazole rings is 1. The zero-order valence-corrected chi connectivity index (χ0v) is 37.8. The van der Waals surface area contributed by atoms with Crippen LogP contribution in [0.15, 0.2) is 29.6 Å². The molecule has 8 atom stereocenters. The molecule has 6 rings (SSSR count). The van der Waals surface area contributed by atoms with Crippen LogP contribution in [-0.2, 0) is 23.9 Å². The van der Waals surface area contributed by atoms with Gasteiger partial charge >= 0.3 is 5.97 Å². The van der Waals surface area contributed by atoms with Crippen LogP contribution in [0, 0.1) is 28.4 Å². The van der Waals surface area contributed by atoms with Gasteiger partial charge in [-0.15, -0.1) is 11.3 Å². The number of nitrogens with one attached hydrogen (secondary N) is 6. The fraction of sp³-hybridized carbons (Fsp3) is 0.636. The molecular weight excluding hydrogens is 801 g/mol. The maximum Gasteiger partial charge on any atom is 0.332 e. The van der Waals surface area contributed by atoms with E-state index in [1.807, 2.05) is 71.2 Å². The van der Waals surface area contributed by atoms with Crippen molar-refractivity contribution in [3.63, 3.8) is 0 Å². The number of carbonyl (C=O) groups excluding carboxylic acids is 4. The van der Waals surface area contributed by atoms with Gasteiger partial charge in [0.25, 0.3) is 0 Å². The molecule has 1 unspecified atom stereocenters. The quantitative estimate of drug-likeness (QED) is 0.0831. The minimum atomic E-state index is -1.18. The molecule has 3 amide bonds. The Kier molecular flexibility index (Phi) is 14.5. The molecule has 6 N–H and O–H groups in total. The highest BCUT2D eigenvalue weighted by Gasteiger charge is 2.61. The molecule has 0 bridgehead atoms. The number of carbonyl (C=O) groups is 4. The molecular formula is C44H64N8O8S. The molecule has 3 aromatic rings. The van der Waals surface area contributed by atoms with E-state index in [0.29, 0.717) is 40.2 Å². The van der Waals surface area contributed by atoms with Crippen LogP contribution in [0.4, 0.5) is 5.13 Å². The molecule has 3 fully saturated rings. The molecule has 61 heavy (non-hydrogen) atoms. The Hall–Kier alpha value is -4.58. The fourth-order valence-electron chi connectivity index (χ4n) is 8.77. The van der Waals surface area contributed by atoms with Crippen LogP contribution >= 0.6 is 11.3 Å². The number of nitrogens with zero attached hydrogens (tertiary/aromatic N) is 2. The Labute approximate surface area is 362 Å². The number of aromatic nitrogens is 2. The lowest BCUT2D eigenvalue weighted by Gasteiger charge is -2.39. The number of esters is 1. The van der Waals surface area contributed by atoms with Crippen LogP contribution in [0.1, 0.15) is 99.8 Å². The monoisotopic (exact) mass is 864 g/mol. The molecule has 0 radical (unpaired) electrons. The summed E-state index contributed by atoms with van der Waals surface area (Å²) >= 11 is 1.47. The van der Waals surface area contributed by atoms with Crippen molar-refractivity contribution in [1.82, 2.24) is 31.3 Å². The number of fused-ring (bicyclic) bond motifs is 1. The summed E-state index contributed by atoms with van der Waals surface area (Å²) in [6, 6.07) is 4.79. The average Bonchev–Trinajstić information content (AvgIpc) is 3.50. The molecule has 16 nitrogen and oxygen atoms in total. The van der Waals surface area contributed by atoms with E-state index in [0.717, 1.165) is 37.2 Å². The van der Waals surface area contributed by atoms with Crippen LogP contribution in [0.5, 0.6) is 11.5 Å². The van der Waals surface area contributed by atoms with Crippen molar-refractivity contribution >= 4 is 51.1 Å². The highest BCUT2D eigenvalue weighted by molar-refractivity contribution is 7.14. The lowest BCUT2D eigenvalue weighted by atomic mass is 9.82. The summed E-state index contributed by atoms with van der Waals surface area (Å²) in [5.74, 6) is -1.69. The standard InChI is InChI=1S/C44H64N8O8S/c1-10-59-41(56)44(22-25(44)4)50-38(53)30-18-28(60-35-21-32(33-23-61-42(48-33)46-24(2)3)47-31-19-27(58-9)16-17-29(31)35)20-34(30)52(57)51-37(43(5,6)7)40(55)49-36(39(54)45-8)26-14-12-11-13-15-26/h16-17,19,21,23-26,28,30,34,36-37,51-52H,10-15,18,20,22H2,1-9H3,(H,45,54)(H,46,48)(H,49,55)(H,50,53)/t25-,28-,30-,34-,36+,37-,44-/m1/s1. The largest absolute Gasteiger partial charge is 0.613 e. The van der Waals surface area contributed by atoms with Gasteiger partial charge in [0.2, 0.25) is 17.7 Å². The first-order valence-electron chi connectivity index (χ1n) is 21.7. The minimum Gasteiger partial charge on any atom is -0.613 e. The van der Waals surface area contributed by atoms with Gasteiger partial charge in [0.15, 0.2) is 5.13 Å². The summed E-state index contributed by atoms with van der Waals surface area (Å²) in [7, 11) is 3.14. The molecule has 3 saturated carbocycles. The molecule has 3 aliphatic rings. The van der Waals surface area contributed by atoms with Gasteiger partial charge in [-0.3, -0.25) is 19.6 Å². The summed E-state index contributed by atoms with van der Waals surface area (Å²) in [6.07, 6.45) is 4.76. The second kappa shape index (κ2) is 19.2. The lowest BCUT2D eigenvalue weighted by molar-refractivity contribution is -0.926. The first-order chi connectivity index (χ1) is 29.0. The van der Waals surface area contributed by atoms with Gasteiger partial charge in [0, 0.05) is 48.8 Å². The van der Waals surface area contributed by atoms with Crippen LogP contribution in [-0.4, -0.2) is 90.2 Å². The van der Waals surface area contributed by atoms with Gasteiger partial charge in [-0.05, 0) is 69.4 Å². The van der Waals surface area contributed by atoms with Crippen molar-refractivity contribution in [3.8, 4) is 22.9 Å². The highest BCUT2D eigenvalue weighted by Crippen LogP contribution is 2.45. The third-order valence-corrected chi connectivity index (χ3v) is 13.1. The predicted octanol–water partition coefficient (Wildman–Crippen LogP) is 4.28. The van der Waals surface area contributed by atoms with E-state index in [-0.39, 0.29) is 43.2 Å². The summed E-state index contributed by atoms with van der Waals surface area (Å²) in [5, 5.41) is 29.5. The zero-order chi connectivity index (χ0) is 44.2. The SMILES string of the molecule is CCOC(=O)[C@@]1(NC(=O)[C@@H]2C[C@@H](Oc3cc(-c4csc(NC(C)C)n4)nc4cc(OC)ccc34)C[C@H]2[NH+]([O-])N[C@H](C(=O)N[C@H](C(=O)NC)C2CCCCC2)C(C)(C)C)C[C@H]1C. The summed E-state index contributed by atoms with van der Waals surface area (Å²) in [5.41, 5.74) is 2.90. The van der Waals surface area contributed by atoms with Crippen molar-refractivity contribution in [2.45, 2.75) is 136 Å². The van der Waals surface area contributed by atoms with Crippen molar-refractivity contribution in [2.24, 2.45) is 23.2 Å². The summed E-state index contributed by atoms with van der Waals surface area (Å²) in [6.45, 7) is 13.4. The number of hydrogen-bond acceptors (Lipinski definition) is 13. The molecule has 0 saturated heterocycles. The predicted molar refractivity (Wildman–Crippen MR) is 234 cm³/mol. The number of quaternary nitrogens is 1. The number of ether oxygens (including phenoxy) is 3. The van der Waals surface area contributed by atoms with E-state index in [4.69, 9.17) is 24.2 Å². The average molecular weight is 865 g/mol. The second-order valence-electron chi connectivity index (χ2n) is 18.2. The van der Waals surface area contributed by atoms with Gasteiger partial charge in [-0.25, -0.2) is 14.8 Å². The highest BCUT2D eigenvalue weighted by atomic mass is 32.1. The molecule has 2 heterocycles. The van der Waals surface area contributed by atoms with Crippen LogP contribution in [0.25, 0.3) is 22.3 Å². The van der Waals surface area contributed by atoms with E-state index < -0.39 is 64.1 Å².